The molecule has 0 bridgehead atoms. The molecule has 0 aliphatic heterocycles. The van der Waals surface area contributed by atoms with Gasteiger partial charge in [0.05, 0.1) is 6.04 Å². The second kappa shape index (κ2) is 3.57. The molecule has 0 saturated carbocycles. The second-order valence-corrected chi connectivity index (χ2v) is 1.79. The van der Waals surface area contributed by atoms with Crippen LogP contribution in [0.4, 0.5) is 0 Å². The summed E-state index contributed by atoms with van der Waals surface area (Å²) < 4.78 is 0. The van der Waals surface area contributed by atoms with Crippen molar-refractivity contribution in [2.75, 3.05) is 0 Å². The first-order chi connectivity index (χ1) is 3.72. The lowest BCUT2D eigenvalue weighted by molar-refractivity contribution is -0.109. The summed E-state index contributed by atoms with van der Waals surface area (Å²) in [5.41, 5.74) is 10.6. The van der Waals surface area contributed by atoms with E-state index >= 15 is 0 Å². The van der Waals surface area contributed by atoms with Crippen LogP contribution in [0.1, 0.15) is 13.3 Å². The van der Waals surface area contributed by atoms with Gasteiger partial charge in [0.1, 0.15) is 6.29 Å². The van der Waals surface area contributed by atoms with Gasteiger partial charge in [-0.15, -0.1) is 0 Å². The molecular formula is C5H12N2O. The number of carbonyl (C=O) groups is 1. The van der Waals surface area contributed by atoms with Crippen molar-refractivity contribution in [3.05, 3.63) is 0 Å². The van der Waals surface area contributed by atoms with Crippen molar-refractivity contribution < 1.29 is 4.79 Å². The highest BCUT2D eigenvalue weighted by Crippen LogP contribution is 1.87. The van der Waals surface area contributed by atoms with Gasteiger partial charge >= 0.3 is 0 Å². The van der Waals surface area contributed by atoms with Crippen LogP contribution < -0.4 is 11.5 Å². The van der Waals surface area contributed by atoms with Crippen molar-refractivity contribution in [1.82, 2.24) is 0 Å². The topological polar surface area (TPSA) is 69.1 Å². The Morgan fingerprint density at radius 1 is 1.62 bits per heavy atom. The molecule has 3 heteroatoms. The molecule has 0 rings (SSSR count). The van der Waals surface area contributed by atoms with Gasteiger partial charge in [0.25, 0.3) is 0 Å². The van der Waals surface area contributed by atoms with Crippen molar-refractivity contribution in [2.45, 2.75) is 25.4 Å². The molecule has 0 fully saturated rings. The minimum Gasteiger partial charge on any atom is -0.326 e. The molecule has 0 aliphatic carbocycles. The fraction of sp³-hybridized carbons (Fsp3) is 0.800. The van der Waals surface area contributed by atoms with E-state index < -0.39 is 6.04 Å². The number of aldehydes is 1. The zero-order chi connectivity index (χ0) is 6.57. The zero-order valence-corrected chi connectivity index (χ0v) is 5.00. The van der Waals surface area contributed by atoms with Crippen LogP contribution in [0, 0.1) is 0 Å². The van der Waals surface area contributed by atoms with Crippen LogP contribution in [0.2, 0.25) is 0 Å². The normalized spacial score (nSPS) is 17.4. The van der Waals surface area contributed by atoms with Gasteiger partial charge in [0.2, 0.25) is 0 Å². The molecular weight excluding hydrogens is 104 g/mol. The van der Waals surface area contributed by atoms with Gasteiger partial charge in [-0.25, -0.2) is 0 Å². The van der Waals surface area contributed by atoms with Gasteiger partial charge in [-0.05, 0) is 6.42 Å². The van der Waals surface area contributed by atoms with Gasteiger partial charge in [-0.3, -0.25) is 0 Å². The van der Waals surface area contributed by atoms with E-state index in [1.165, 1.54) is 0 Å². The third-order valence-electron chi connectivity index (χ3n) is 1.12. The van der Waals surface area contributed by atoms with Gasteiger partial charge in [-0.2, -0.15) is 0 Å². The summed E-state index contributed by atoms with van der Waals surface area (Å²) in [6.07, 6.45) is 1.42. The molecule has 48 valence electrons. The van der Waals surface area contributed by atoms with Crippen LogP contribution in [-0.2, 0) is 4.79 Å². The van der Waals surface area contributed by atoms with Crippen molar-refractivity contribution in [2.24, 2.45) is 11.5 Å². The minimum absolute atomic E-state index is 0.174. The number of nitrogens with two attached hydrogens (primary N) is 2. The molecule has 0 aliphatic rings. The van der Waals surface area contributed by atoms with E-state index in [-0.39, 0.29) is 6.04 Å². The molecule has 0 radical (unpaired) electrons. The van der Waals surface area contributed by atoms with E-state index in [1.54, 1.807) is 0 Å². The Bertz CT molecular complexity index is 74.8. The third-order valence-corrected chi connectivity index (χ3v) is 1.12. The number of carbonyl (C=O) groups excluding carboxylic acids is 1. The third kappa shape index (κ3) is 2.04. The molecule has 0 aromatic rings. The van der Waals surface area contributed by atoms with Gasteiger partial charge in [-0.1, -0.05) is 6.92 Å². The highest BCUT2D eigenvalue weighted by Gasteiger charge is 2.07. The van der Waals surface area contributed by atoms with Gasteiger partial charge < -0.3 is 16.3 Å². The lowest BCUT2D eigenvalue weighted by atomic mass is 10.1. The fourth-order valence-corrected chi connectivity index (χ4v) is 0.373. The second-order valence-electron chi connectivity index (χ2n) is 1.79. The Hall–Kier alpha value is -0.410. The van der Waals surface area contributed by atoms with Crippen LogP contribution in [0.25, 0.3) is 0 Å². The van der Waals surface area contributed by atoms with Crippen LogP contribution in [0.5, 0.6) is 0 Å². The smallest absolute Gasteiger partial charge is 0.138 e. The predicted octanol–water partition coefficient (Wildman–Crippen LogP) is -0.750. The molecule has 2 unspecified atom stereocenters. The Balaban J connectivity index is 3.44. The summed E-state index contributed by atoms with van der Waals surface area (Å²) in [5.74, 6) is 0. The van der Waals surface area contributed by atoms with E-state index in [0.29, 0.717) is 6.29 Å². The molecule has 0 spiro atoms. The quantitative estimate of drug-likeness (QED) is 0.477. The van der Waals surface area contributed by atoms with Crippen molar-refractivity contribution in [3.8, 4) is 0 Å². The Morgan fingerprint density at radius 3 is 2.25 bits per heavy atom. The number of hydrogen-bond acceptors (Lipinski definition) is 3. The van der Waals surface area contributed by atoms with Crippen molar-refractivity contribution >= 4 is 6.29 Å². The first-order valence-electron chi connectivity index (χ1n) is 2.68. The largest absolute Gasteiger partial charge is 0.326 e. The lowest BCUT2D eigenvalue weighted by Crippen LogP contribution is -2.41. The summed E-state index contributed by atoms with van der Waals surface area (Å²) in [5, 5.41) is 0. The predicted molar refractivity (Wildman–Crippen MR) is 32.3 cm³/mol. The average molecular weight is 116 g/mol. The van der Waals surface area contributed by atoms with Crippen LogP contribution in [-0.4, -0.2) is 18.4 Å². The summed E-state index contributed by atoms with van der Waals surface area (Å²) >= 11 is 0. The highest BCUT2D eigenvalue weighted by atomic mass is 16.1. The number of hydrogen-bond donors (Lipinski definition) is 2. The van der Waals surface area contributed by atoms with Crippen molar-refractivity contribution in [1.29, 1.82) is 0 Å². The highest BCUT2D eigenvalue weighted by molar-refractivity contribution is 5.58. The summed E-state index contributed by atoms with van der Waals surface area (Å²) in [6, 6.07) is -0.660. The monoisotopic (exact) mass is 116 g/mol. The summed E-state index contributed by atoms with van der Waals surface area (Å²) in [6.45, 7) is 1.90. The van der Waals surface area contributed by atoms with Gasteiger partial charge in [0, 0.05) is 6.04 Å². The molecule has 0 aromatic heterocycles. The fourth-order valence-electron chi connectivity index (χ4n) is 0.373. The van der Waals surface area contributed by atoms with E-state index in [2.05, 4.69) is 0 Å². The van der Waals surface area contributed by atoms with Crippen LogP contribution in [0.3, 0.4) is 0 Å². The van der Waals surface area contributed by atoms with E-state index in [4.69, 9.17) is 11.5 Å². The maximum atomic E-state index is 9.90. The Kier molecular flexibility index (Phi) is 3.39. The van der Waals surface area contributed by atoms with Crippen LogP contribution >= 0.6 is 0 Å². The SMILES string of the molecule is CCC(N)C(N)C=O. The van der Waals surface area contributed by atoms with E-state index in [1.807, 2.05) is 6.92 Å². The van der Waals surface area contributed by atoms with E-state index in [9.17, 15) is 4.79 Å². The molecule has 0 aromatic carbocycles. The van der Waals surface area contributed by atoms with Gasteiger partial charge in [0.15, 0.2) is 0 Å². The molecule has 0 saturated heterocycles. The first-order valence-corrected chi connectivity index (χ1v) is 2.68. The Morgan fingerprint density at radius 2 is 2.12 bits per heavy atom. The maximum Gasteiger partial charge on any atom is 0.138 e. The molecule has 8 heavy (non-hydrogen) atoms. The minimum atomic E-state index is -0.486. The van der Waals surface area contributed by atoms with E-state index in [0.717, 1.165) is 6.42 Å². The van der Waals surface area contributed by atoms with Crippen LogP contribution in [0.15, 0.2) is 0 Å². The molecule has 2 atom stereocenters. The Labute approximate surface area is 49.0 Å². The average Bonchev–Trinajstić information content (AvgIpc) is 1.84. The summed E-state index contributed by atoms with van der Waals surface area (Å²) in [4.78, 5) is 9.90. The zero-order valence-electron chi connectivity index (χ0n) is 5.00. The molecule has 0 heterocycles. The lowest BCUT2D eigenvalue weighted by Gasteiger charge is -2.09. The number of rotatable bonds is 3. The standard InChI is InChI=1S/C5H12N2O/c1-2-4(6)5(7)3-8/h3-5H,2,6-7H2,1H3. The maximum absolute atomic E-state index is 9.90. The molecule has 0 amide bonds. The molecule has 4 N–H and O–H groups in total. The first kappa shape index (κ1) is 7.59. The summed E-state index contributed by atoms with van der Waals surface area (Å²) in [7, 11) is 0. The molecule has 3 nitrogen and oxygen atoms in total. The van der Waals surface area contributed by atoms with Crippen molar-refractivity contribution in [3.63, 3.8) is 0 Å².